The van der Waals surface area contributed by atoms with Crippen molar-refractivity contribution in [3.63, 3.8) is 0 Å². The molecule has 128 valence electrons. The van der Waals surface area contributed by atoms with E-state index in [4.69, 9.17) is 17.3 Å². The minimum absolute atomic E-state index is 0.0965. The molecular weight excluding hydrogens is 330 g/mol. The van der Waals surface area contributed by atoms with Crippen molar-refractivity contribution in [3.8, 4) is 0 Å². The number of benzene rings is 1. The molecule has 0 amide bonds. The quantitative estimate of drug-likeness (QED) is 0.539. The Kier molecular flexibility index (Phi) is 5.94. The van der Waals surface area contributed by atoms with Crippen molar-refractivity contribution in [2.24, 2.45) is 5.73 Å². The summed E-state index contributed by atoms with van der Waals surface area (Å²) in [6.07, 6.45) is 0.801. The molecule has 2 aromatic rings. The van der Waals surface area contributed by atoms with Gasteiger partial charge in [0.05, 0.1) is 0 Å². The summed E-state index contributed by atoms with van der Waals surface area (Å²) in [6, 6.07) is 11.5. The number of hydrogen-bond acceptors (Lipinski definition) is 6. The topological polar surface area (TPSA) is 113 Å². The highest BCUT2D eigenvalue weighted by Crippen LogP contribution is 2.18. The fourth-order valence-electron chi connectivity index (χ4n) is 2.00. The van der Waals surface area contributed by atoms with Gasteiger partial charge in [0.2, 0.25) is 5.95 Å². The molecular formula is C16H20ClN5O2. The van der Waals surface area contributed by atoms with Crippen molar-refractivity contribution in [1.29, 1.82) is 0 Å². The molecule has 0 aliphatic heterocycles. The Bertz CT molecular complexity index is 698. The Morgan fingerprint density at radius 2 is 2.04 bits per heavy atom. The van der Waals surface area contributed by atoms with Gasteiger partial charge in [0.15, 0.2) is 0 Å². The number of nitrogens with one attached hydrogen (secondary N) is 2. The maximum Gasteiger partial charge on any atom is 0.330 e. The van der Waals surface area contributed by atoms with E-state index < -0.39 is 11.5 Å². The molecule has 7 nitrogen and oxygen atoms in total. The Labute approximate surface area is 145 Å². The van der Waals surface area contributed by atoms with Crippen molar-refractivity contribution in [2.45, 2.75) is 18.9 Å². The number of halogens is 1. The summed E-state index contributed by atoms with van der Waals surface area (Å²) in [5.74, 6) is -0.448. The Morgan fingerprint density at radius 1 is 1.33 bits per heavy atom. The standard InChI is InChI=1S/C16H20ClN5O2/c1-16(10-18,14(23)24)22-13-9-12(17)20-15(21-13)19-8-7-11-5-3-2-4-6-11/h2-6,9H,7-8,10,18H2,1H3,(H,23,24)(H2,19,20,21,22)/t16-/m0/s1. The molecule has 1 aromatic carbocycles. The maximum atomic E-state index is 11.3. The van der Waals surface area contributed by atoms with Gasteiger partial charge in [0.1, 0.15) is 16.5 Å². The van der Waals surface area contributed by atoms with Gasteiger partial charge in [-0.05, 0) is 18.9 Å². The number of hydrogen-bond donors (Lipinski definition) is 4. The van der Waals surface area contributed by atoms with Crippen molar-refractivity contribution >= 4 is 29.3 Å². The number of anilines is 2. The Balaban J connectivity index is 2.04. The van der Waals surface area contributed by atoms with Gasteiger partial charge in [0, 0.05) is 19.2 Å². The zero-order valence-corrected chi connectivity index (χ0v) is 14.0. The lowest BCUT2D eigenvalue weighted by Crippen LogP contribution is -2.49. The second-order valence-corrected chi connectivity index (χ2v) is 5.92. The fraction of sp³-hybridized carbons (Fsp3) is 0.312. The van der Waals surface area contributed by atoms with Crippen molar-refractivity contribution in [1.82, 2.24) is 9.97 Å². The lowest BCUT2D eigenvalue weighted by atomic mass is 10.0. The predicted octanol–water partition coefficient (Wildman–Crippen LogP) is 2.00. The van der Waals surface area contributed by atoms with Crippen LogP contribution in [0, 0.1) is 0 Å². The number of aromatic nitrogens is 2. The van der Waals surface area contributed by atoms with E-state index >= 15 is 0 Å². The van der Waals surface area contributed by atoms with Crippen LogP contribution in [0.5, 0.6) is 0 Å². The van der Waals surface area contributed by atoms with E-state index in [1.807, 2.05) is 30.3 Å². The summed E-state index contributed by atoms with van der Waals surface area (Å²) in [4.78, 5) is 19.7. The molecule has 0 spiro atoms. The van der Waals surface area contributed by atoms with Gasteiger partial charge in [0.25, 0.3) is 0 Å². The number of carboxylic acid groups (broad SMARTS) is 1. The van der Waals surface area contributed by atoms with E-state index in [1.165, 1.54) is 18.6 Å². The number of rotatable bonds is 8. The number of nitrogens with zero attached hydrogens (tertiary/aromatic N) is 2. The summed E-state index contributed by atoms with van der Waals surface area (Å²) >= 11 is 5.99. The van der Waals surface area contributed by atoms with E-state index in [1.54, 1.807) is 0 Å². The van der Waals surface area contributed by atoms with Crippen molar-refractivity contribution in [2.75, 3.05) is 23.7 Å². The molecule has 0 bridgehead atoms. The van der Waals surface area contributed by atoms with Crippen LogP contribution in [-0.4, -0.2) is 39.7 Å². The lowest BCUT2D eigenvalue weighted by Gasteiger charge is -2.25. The van der Waals surface area contributed by atoms with Crippen LogP contribution in [0.25, 0.3) is 0 Å². The van der Waals surface area contributed by atoms with Crippen LogP contribution in [0.2, 0.25) is 5.15 Å². The SMILES string of the molecule is C[C@@](CN)(Nc1cc(Cl)nc(NCCc2ccccc2)n1)C(=O)O. The fourth-order valence-corrected chi connectivity index (χ4v) is 2.18. The zero-order valence-electron chi connectivity index (χ0n) is 13.3. The van der Waals surface area contributed by atoms with Gasteiger partial charge in [-0.2, -0.15) is 4.98 Å². The number of nitrogens with two attached hydrogens (primary N) is 1. The average Bonchev–Trinajstić information content (AvgIpc) is 2.55. The van der Waals surface area contributed by atoms with Crippen LogP contribution in [0.3, 0.4) is 0 Å². The van der Waals surface area contributed by atoms with Gasteiger partial charge in [-0.1, -0.05) is 41.9 Å². The molecule has 0 aliphatic carbocycles. The van der Waals surface area contributed by atoms with Gasteiger partial charge < -0.3 is 21.5 Å². The van der Waals surface area contributed by atoms with Crippen molar-refractivity contribution in [3.05, 3.63) is 47.1 Å². The second-order valence-electron chi connectivity index (χ2n) is 5.53. The molecule has 8 heteroatoms. The largest absolute Gasteiger partial charge is 0.479 e. The zero-order chi connectivity index (χ0) is 17.6. The number of carboxylic acids is 1. The van der Waals surface area contributed by atoms with E-state index in [9.17, 15) is 9.90 Å². The Hall–Kier alpha value is -2.38. The molecule has 0 saturated carbocycles. The number of carbonyl (C=O) groups is 1. The van der Waals surface area contributed by atoms with Gasteiger partial charge in [-0.25, -0.2) is 9.78 Å². The first-order chi connectivity index (χ1) is 11.4. The molecule has 0 radical (unpaired) electrons. The third-order valence-corrected chi connectivity index (χ3v) is 3.71. The maximum absolute atomic E-state index is 11.3. The summed E-state index contributed by atoms with van der Waals surface area (Å²) in [5, 5.41) is 15.3. The monoisotopic (exact) mass is 349 g/mol. The predicted molar refractivity (Wildman–Crippen MR) is 94.4 cm³/mol. The Morgan fingerprint density at radius 3 is 2.67 bits per heavy atom. The van der Waals surface area contributed by atoms with Crippen LogP contribution in [0.15, 0.2) is 36.4 Å². The van der Waals surface area contributed by atoms with Crippen LogP contribution in [0.4, 0.5) is 11.8 Å². The molecule has 1 aromatic heterocycles. The molecule has 24 heavy (non-hydrogen) atoms. The van der Waals surface area contributed by atoms with E-state index in [2.05, 4.69) is 20.6 Å². The van der Waals surface area contributed by atoms with Crippen LogP contribution < -0.4 is 16.4 Å². The summed E-state index contributed by atoms with van der Waals surface area (Å²) in [6.45, 7) is 2.01. The minimum atomic E-state index is -1.33. The molecule has 0 aliphatic rings. The molecule has 5 N–H and O–H groups in total. The third-order valence-electron chi connectivity index (χ3n) is 3.52. The van der Waals surface area contributed by atoms with Crippen LogP contribution >= 0.6 is 11.6 Å². The smallest absolute Gasteiger partial charge is 0.330 e. The molecule has 0 unspecified atom stereocenters. The van der Waals surface area contributed by atoms with Gasteiger partial charge in [-0.15, -0.1) is 0 Å². The van der Waals surface area contributed by atoms with E-state index in [-0.39, 0.29) is 11.7 Å². The number of aliphatic carboxylic acids is 1. The highest BCUT2D eigenvalue weighted by Gasteiger charge is 2.32. The van der Waals surface area contributed by atoms with E-state index in [0.717, 1.165) is 6.42 Å². The molecule has 0 fully saturated rings. The van der Waals surface area contributed by atoms with E-state index in [0.29, 0.717) is 18.3 Å². The van der Waals surface area contributed by atoms with Crippen molar-refractivity contribution < 1.29 is 9.90 Å². The highest BCUT2D eigenvalue weighted by atomic mass is 35.5. The summed E-state index contributed by atoms with van der Waals surface area (Å²) < 4.78 is 0. The van der Waals surface area contributed by atoms with Gasteiger partial charge in [-0.3, -0.25) is 0 Å². The first kappa shape index (κ1) is 18.0. The lowest BCUT2D eigenvalue weighted by molar-refractivity contribution is -0.141. The first-order valence-corrected chi connectivity index (χ1v) is 7.85. The average molecular weight is 350 g/mol. The normalized spacial score (nSPS) is 13.1. The molecule has 2 rings (SSSR count). The third kappa shape index (κ3) is 4.81. The van der Waals surface area contributed by atoms with Gasteiger partial charge >= 0.3 is 5.97 Å². The van der Waals surface area contributed by atoms with Crippen LogP contribution in [-0.2, 0) is 11.2 Å². The highest BCUT2D eigenvalue weighted by molar-refractivity contribution is 6.29. The summed E-state index contributed by atoms with van der Waals surface area (Å²) in [7, 11) is 0. The van der Waals surface area contributed by atoms with Crippen LogP contribution in [0.1, 0.15) is 12.5 Å². The minimum Gasteiger partial charge on any atom is -0.479 e. The second kappa shape index (κ2) is 7.94. The molecule has 1 atom stereocenters. The molecule has 1 heterocycles. The first-order valence-electron chi connectivity index (χ1n) is 7.47. The molecule has 0 saturated heterocycles. The summed E-state index contributed by atoms with van der Waals surface area (Å²) in [5.41, 5.74) is 5.39.